The first-order valence-electron chi connectivity index (χ1n) is 10.2. The van der Waals surface area contributed by atoms with Crippen LogP contribution in [0, 0.1) is 16.7 Å². The summed E-state index contributed by atoms with van der Waals surface area (Å²) < 4.78 is 10.9. The highest BCUT2D eigenvalue weighted by Crippen LogP contribution is 2.68. The van der Waals surface area contributed by atoms with Crippen LogP contribution in [0.25, 0.3) is 0 Å². The standard InChI is InChI=1S/C21H39N2O4/c1-10-26-18(24)16(19(25)27-11-2)23(8,9)17-15(22(6)7)14-12-13-21(17,5)20(14,3)4/h14-17H,10-13H2,1-9H3/q+1/t14-,15+,17+,21-/m1/s1. The van der Waals surface area contributed by atoms with Crippen molar-refractivity contribution in [2.24, 2.45) is 16.7 Å². The number of likely N-dealkylation sites (N-methyl/N-ethyl adjacent to an activating group) is 2. The molecular weight excluding hydrogens is 344 g/mol. The van der Waals surface area contributed by atoms with Crippen molar-refractivity contribution in [3.05, 3.63) is 0 Å². The van der Waals surface area contributed by atoms with Crippen LogP contribution in [0.15, 0.2) is 0 Å². The highest BCUT2D eigenvalue weighted by molar-refractivity contribution is 5.97. The van der Waals surface area contributed by atoms with Gasteiger partial charge in [-0.1, -0.05) is 20.8 Å². The van der Waals surface area contributed by atoms with Crippen LogP contribution in [-0.2, 0) is 19.1 Å². The summed E-state index contributed by atoms with van der Waals surface area (Å²) in [6.45, 7) is 11.1. The molecule has 156 valence electrons. The largest absolute Gasteiger partial charge is 0.461 e. The number of rotatable bonds is 7. The van der Waals surface area contributed by atoms with Gasteiger partial charge < -0.3 is 18.9 Å². The summed E-state index contributed by atoms with van der Waals surface area (Å²) in [6, 6.07) is -0.551. The molecule has 27 heavy (non-hydrogen) atoms. The third-order valence-corrected chi connectivity index (χ3v) is 7.76. The quantitative estimate of drug-likeness (QED) is 0.384. The van der Waals surface area contributed by atoms with Crippen molar-refractivity contribution in [3.8, 4) is 0 Å². The summed E-state index contributed by atoms with van der Waals surface area (Å²) >= 11 is 0. The molecule has 2 aliphatic rings. The van der Waals surface area contributed by atoms with Crippen molar-refractivity contribution in [3.63, 3.8) is 0 Å². The van der Waals surface area contributed by atoms with Gasteiger partial charge in [-0.15, -0.1) is 0 Å². The van der Waals surface area contributed by atoms with E-state index >= 15 is 0 Å². The van der Waals surface area contributed by atoms with Crippen LogP contribution in [0.4, 0.5) is 0 Å². The minimum atomic E-state index is -0.968. The maximum absolute atomic E-state index is 12.9. The van der Waals surface area contributed by atoms with Gasteiger partial charge in [-0.3, -0.25) is 0 Å². The Bertz CT molecular complexity index is 569. The minimum Gasteiger partial charge on any atom is -0.461 e. The molecule has 0 aromatic rings. The predicted molar refractivity (Wildman–Crippen MR) is 105 cm³/mol. The monoisotopic (exact) mass is 383 g/mol. The lowest BCUT2D eigenvalue weighted by Gasteiger charge is -2.52. The van der Waals surface area contributed by atoms with Gasteiger partial charge in [-0.25, -0.2) is 9.59 Å². The highest BCUT2D eigenvalue weighted by atomic mass is 16.6. The fourth-order valence-corrected chi connectivity index (χ4v) is 6.30. The number of carbonyl (C=O) groups excluding carboxylic acids is 2. The summed E-state index contributed by atoms with van der Waals surface area (Å²) in [5.74, 6) is -0.435. The first-order chi connectivity index (χ1) is 12.4. The van der Waals surface area contributed by atoms with Crippen LogP contribution < -0.4 is 0 Å². The molecule has 2 saturated carbocycles. The zero-order chi connectivity index (χ0) is 20.8. The summed E-state index contributed by atoms with van der Waals surface area (Å²) in [6.07, 6.45) is 2.30. The van der Waals surface area contributed by atoms with Gasteiger partial charge in [0.15, 0.2) is 0 Å². The van der Waals surface area contributed by atoms with Gasteiger partial charge in [0, 0.05) is 5.41 Å². The number of ether oxygens (including phenoxy) is 2. The van der Waals surface area contributed by atoms with Gasteiger partial charge >= 0.3 is 11.9 Å². The van der Waals surface area contributed by atoms with E-state index in [-0.39, 0.29) is 34.6 Å². The Hall–Kier alpha value is -1.14. The van der Waals surface area contributed by atoms with Crippen molar-refractivity contribution < 1.29 is 23.5 Å². The molecule has 0 heterocycles. The Morgan fingerprint density at radius 3 is 1.96 bits per heavy atom. The molecule has 0 spiro atoms. The smallest absolute Gasteiger partial charge is 0.377 e. The molecule has 0 aromatic heterocycles. The van der Waals surface area contributed by atoms with Crippen LogP contribution in [0.2, 0.25) is 0 Å². The minimum absolute atomic E-state index is 0.0212. The molecule has 0 unspecified atom stereocenters. The number of nitrogens with zero attached hydrogens (tertiary/aromatic N) is 2. The fourth-order valence-electron chi connectivity index (χ4n) is 6.30. The number of carbonyl (C=O) groups is 2. The molecule has 0 N–H and O–H groups in total. The SMILES string of the molecule is CCOC(=O)C(C(=O)OCC)[N+](C)(C)[C@H]1[C@@H](N(C)C)[C@H]2CC[C@@]1(C)C2(C)C. The molecule has 4 atom stereocenters. The van der Waals surface area contributed by atoms with E-state index in [9.17, 15) is 9.59 Å². The van der Waals surface area contributed by atoms with Crippen LogP contribution in [0.5, 0.6) is 0 Å². The molecule has 0 saturated heterocycles. The van der Waals surface area contributed by atoms with Crippen LogP contribution in [-0.4, -0.2) is 80.9 Å². The van der Waals surface area contributed by atoms with Crippen molar-refractivity contribution in [2.45, 2.75) is 65.6 Å². The Morgan fingerprint density at radius 2 is 1.56 bits per heavy atom. The molecule has 2 bridgehead atoms. The van der Waals surface area contributed by atoms with E-state index in [1.807, 2.05) is 14.1 Å². The molecule has 2 fully saturated rings. The second-order valence-corrected chi connectivity index (χ2v) is 9.72. The molecule has 2 rings (SSSR count). The first kappa shape index (κ1) is 22.2. The number of quaternary nitrogens is 1. The number of esters is 2. The van der Waals surface area contributed by atoms with E-state index < -0.39 is 18.0 Å². The van der Waals surface area contributed by atoms with Gasteiger partial charge in [0.05, 0.1) is 33.4 Å². The molecule has 2 aliphatic carbocycles. The average Bonchev–Trinajstić information content (AvgIpc) is 2.86. The topological polar surface area (TPSA) is 55.8 Å². The molecule has 0 aliphatic heterocycles. The maximum atomic E-state index is 12.9. The molecule has 0 aromatic carbocycles. The van der Waals surface area contributed by atoms with Crippen LogP contribution >= 0.6 is 0 Å². The molecule has 0 amide bonds. The van der Waals surface area contributed by atoms with Crippen molar-refractivity contribution in [2.75, 3.05) is 41.4 Å². The van der Waals surface area contributed by atoms with E-state index in [2.05, 4.69) is 39.8 Å². The normalized spacial score (nSPS) is 32.2. The van der Waals surface area contributed by atoms with E-state index in [0.717, 1.165) is 6.42 Å². The van der Waals surface area contributed by atoms with E-state index in [0.29, 0.717) is 12.0 Å². The second-order valence-electron chi connectivity index (χ2n) is 9.72. The van der Waals surface area contributed by atoms with Crippen molar-refractivity contribution in [1.29, 1.82) is 0 Å². The average molecular weight is 384 g/mol. The van der Waals surface area contributed by atoms with Gasteiger partial charge in [-0.05, 0) is 52.1 Å². The van der Waals surface area contributed by atoms with E-state index in [1.165, 1.54) is 6.42 Å². The maximum Gasteiger partial charge on any atom is 0.377 e. The first-order valence-corrected chi connectivity index (χ1v) is 10.2. The predicted octanol–water partition coefficient (Wildman–Crippen LogP) is 2.31. The van der Waals surface area contributed by atoms with E-state index in [4.69, 9.17) is 9.47 Å². The Labute approximate surface area is 164 Å². The lowest BCUT2D eigenvalue weighted by molar-refractivity contribution is -0.932. The summed E-state index contributed by atoms with van der Waals surface area (Å²) in [5, 5.41) is 0. The number of hydrogen-bond acceptors (Lipinski definition) is 5. The second kappa shape index (κ2) is 7.36. The van der Waals surface area contributed by atoms with Gasteiger partial charge in [-0.2, -0.15) is 0 Å². The van der Waals surface area contributed by atoms with Gasteiger partial charge in [0.2, 0.25) is 0 Å². The zero-order valence-electron chi connectivity index (χ0n) is 18.7. The van der Waals surface area contributed by atoms with Gasteiger partial charge in [0.25, 0.3) is 6.04 Å². The summed E-state index contributed by atoms with van der Waals surface area (Å²) in [7, 11) is 8.23. The number of hydrogen-bond donors (Lipinski definition) is 0. The van der Waals surface area contributed by atoms with Gasteiger partial charge in [0.1, 0.15) is 6.04 Å². The molecule has 6 nitrogen and oxygen atoms in total. The third kappa shape index (κ3) is 3.19. The Morgan fingerprint density at radius 1 is 1.07 bits per heavy atom. The zero-order valence-corrected chi connectivity index (χ0v) is 18.7. The van der Waals surface area contributed by atoms with Crippen LogP contribution in [0.3, 0.4) is 0 Å². The summed E-state index contributed by atoms with van der Waals surface area (Å²) in [4.78, 5) is 28.0. The lowest BCUT2D eigenvalue weighted by atomic mass is 9.68. The lowest BCUT2D eigenvalue weighted by Crippen LogP contribution is -2.70. The van der Waals surface area contributed by atoms with Crippen molar-refractivity contribution >= 4 is 11.9 Å². The van der Waals surface area contributed by atoms with Crippen molar-refractivity contribution in [1.82, 2.24) is 4.90 Å². The number of fused-ring (bicyclic) bond motifs is 2. The Kier molecular flexibility index (Phi) is 6.04. The molecule has 0 radical (unpaired) electrons. The Balaban J connectivity index is 2.55. The fraction of sp³-hybridized carbons (Fsp3) is 0.905. The highest BCUT2D eigenvalue weighted by Gasteiger charge is 2.73. The molecule has 6 heteroatoms. The summed E-state index contributed by atoms with van der Waals surface area (Å²) in [5.41, 5.74) is 0.156. The van der Waals surface area contributed by atoms with E-state index in [1.54, 1.807) is 13.8 Å². The third-order valence-electron chi connectivity index (χ3n) is 7.76. The van der Waals surface area contributed by atoms with Crippen LogP contribution in [0.1, 0.15) is 47.5 Å². The molecular formula is C21H39N2O4+.